The summed E-state index contributed by atoms with van der Waals surface area (Å²) in [6, 6.07) is 5.63. The first-order chi connectivity index (χ1) is 25.4. The number of alkyl halides is 3. The Hall–Kier alpha value is -4.65. The van der Waals surface area contributed by atoms with Crippen LogP contribution in [0.2, 0.25) is 0 Å². The molecule has 5 fully saturated rings. The van der Waals surface area contributed by atoms with Gasteiger partial charge in [-0.3, -0.25) is 9.69 Å². The van der Waals surface area contributed by atoms with Gasteiger partial charge in [0.2, 0.25) is 11.9 Å². The molecule has 0 atom stereocenters. The molecule has 1 amide bonds. The normalized spacial score (nSPS) is 20.8. The molecule has 4 aliphatic heterocycles. The number of aryl methyl sites for hydroxylation is 1. The molecule has 2 aromatic carbocycles. The third-order valence-corrected chi connectivity index (χ3v) is 12.2. The highest BCUT2D eigenvalue weighted by Gasteiger charge is 2.51. The Kier molecular flexibility index (Phi) is 8.70. The highest BCUT2D eigenvalue weighted by atomic mass is 19.4. The number of benzene rings is 2. The predicted molar refractivity (Wildman–Crippen MR) is 202 cm³/mol. The molecule has 0 bridgehead atoms. The fraction of sp³-hybridized carbons (Fsp3) is 0.500. The van der Waals surface area contributed by atoms with Crippen molar-refractivity contribution in [3.8, 4) is 16.9 Å². The number of anilines is 3. The lowest BCUT2D eigenvalue weighted by atomic mass is 9.72. The van der Waals surface area contributed by atoms with Gasteiger partial charge in [-0.25, -0.2) is 4.98 Å². The van der Waals surface area contributed by atoms with Crippen molar-refractivity contribution >= 4 is 40.5 Å². The Labute approximate surface area is 308 Å². The number of halogens is 3. The maximum Gasteiger partial charge on any atom is 0.422 e. The lowest BCUT2D eigenvalue weighted by molar-refractivity contribution is -0.153. The maximum atomic E-state index is 14.1. The first kappa shape index (κ1) is 35.4. The average Bonchev–Trinajstić information content (AvgIpc) is 3.87. The van der Waals surface area contributed by atoms with Crippen molar-refractivity contribution in [1.82, 2.24) is 19.8 Å². The highest BCUT2D eigenvalue weighted by Crippen LogP contribution is 2.53. The highest BCUT2D eigenvalue weighted by molar-refractivity contribution is 6.05. The topological polar surface area (TPSA) is 115 Å². The van der Waals surface area contributed by atoms with Gasteiger partial charge in [-0.2, -0.15) is 18.2 Å². The molecule has 1 aliphatic carbocycles. The monoisotopic (exact) mass is 728 g/mol. The number of rotatable bonds is 10. The lowest BCUT2D eigenvalue weighted by Gasteiger charge is -2.54. The van der Waals surface area contributed by atoms with Crippen LogP contribution < -0.4 is 20.3 Å². The maximum absolute atomic E-state index is 14.1. The van der Waals surface area contributed by atoms with Crippen LogP contribution in [-0.2, 0) is 4.79 Å². The van der Waals surface area contributed by atoms with Crippen molar-refractivity contribution in [2.45, 2.75) is 63.1 Å². The number of fused-ring (bicyclic) bond motifs is 1. The van der Waals surface area contributed by atoms with Crippen LogP contribution in [0.5, 0.6) is 5.75 Å². The van der Waals surface area contributed by atoms with Crippen LogP contribution in [0.15, 0.2) is 43.5 Å². The number of nitrogens with one attached hydrogen (secondary N) is 1. The SMILES string of the molecule is C=CCN1CCCC12CN(c1nc(N3CCC4(CC3)CN(C(=O)C=C)C4)c3cc(C4CC4)c(-c4c(C)ccc(N)c4C=N)c(OCC(F)(F)F)c3n1)C2. The van der Waals surface area contributed by atoms with Crippen LogP contribution in [0.1, 0.15) is 61.1 Å². The van der Waals surface area contributed by atoms with Crippen LogP contribution >= 0.6 is 0 Å². The Morgan fingerprint density at radius 1 is 1.06 bits per heavy atom. The van der Waals surface area contributed by atoms with E-state index in [0.717, 1.165) is 62.7 Å². The van der Waals surface area contributed by atoms with Gasteiger partial charge in [0.1, 0.15) is 11.3 Å². The number of ether oxygens (including phenoxy) is 1. The van der Waals surface area contributed by atoms with E-state index in [2.05, 4.69) is 33.9 Å². The molecule has 1 aromatic heterocycles. The second-order valence-corrected chi connectivity index (χ2v) is 15.8. The number of nitrogens with zero attached hydrogens (tertiary/aromatic N) is 6. The largest absolute Gasteiger partial charge is 0.481 e. The number of hydrogen-bond acceptors (Lipinski definition) is 9. The molecule has 53 heavy (non-hydrogen) atoms. The Morgan fingerprint density at radius 3 is 2.43 bits per heavy atom. The van der Waals surface area contributed by atoms with E-state index in [0.29, 0.717) is 84.3 Å². The molecule has 10 nitrogen and oxygen atoms in total. The predicted octanol–water partition coefficient (Wildman–Crippen LogP) is 6.46. The number of amides is 1. The molecule has 4 saturated heterocycles. The summed E-state index contributed by atoms with van der Waals surface area (Å²) < 4.78 is 48.2. The van der Waals surface area contributed by atoms with Gasteiger partial charge in [0.15, 0.2) is 12.4 Å². The quantitative estimate of drug-likeness (QED) is 0.106. The molecule has 2 spiro atoms. The number of carbonyl (C=O) groups is 1. The fourth-order valence-electron chi connectivity index (χ4n) is 9.27. The third-order valence-electron chi connectivity index (χ3n) is 12.2. The van der Waals surface area contributed by atoms with Gasteiger partial charge in [-0.15, -0.1) is 6.58 Å². The van der Waals surface area contributed by atoms with E-state index in [9.17, 15) is 18.0 Å². The molecular weight excluding hydrogens is 681 g/mol. The van der Waals surface area contributed by atoms with Gasteiger partial charge in [0.25, 0.3) is 0 Å². The molecule has 5 aliphatic rings. The van der Waals surface area contributed by atoms with Gasteiger partial charge in [-0.1, -0.05) is 18.7 Å². The second-order valence-electron chi connectivity index (χ2n) is 15.8. The molecular formula is C40H47F3N8O2. The summed E-state index contributed by atoms with van der Waals surface area (Å²) >= 11 is 0. The number of likely N-dealkylation sites (tertiary alicyclic amines) is 2. The number of nitrogens with two attached hydrogens (primary N) is 1. The second kappa shape index (κ2) is 13.0. The number of aromatic nitrogens is 2. The van der Waals surface area contributed by atoms with Gasteiger partial charge in [0.05, 0.1) is 5.54 Å². The Balaban J connectivity index is 1.29. The van der Waals surface area contributed by atoms with E-state index in [1.54, 1.807) is 6.07 Å². The van der Waals surface area contributed by atoms with E-state index >= 15 is 0 Å². The fourth-order valence-corrected chi connectivity index (χ4v) is 9.27. The van der Waals surface area contributed by atoms with E-state index in [1.807, 2.05) is 24.0 Å². The summed E-state index contributed by atoms with van der Waals surface area (Å²) in [5.41, 5.74) is 10.3. The number of carbonyl (C=O) groups excluding carboxylic acids is 1. The molecule has 3 aromatic rings. The van der Waals surface area contributed by atoms with E-state index in [4.69, 9.17) is 25.8 Å². The van der Waals surface area contributed by atoms with Crippen LogP contribution in [0.25, 0.3) is 22.0 Å². The van der Waals surface area contributed by atoms with Crippen LogP contribution in [0.3, 0.4) is 0 Å². The van der Waals surface area contributed by atoms with Crippen molar-refractivity contribution in [1.29, 1.82) is 5.41 Å². The van der Waals surface area contributed by atoms with E-state index < -0.39 is 12.8 Å². The smallest absolute Gasteiger partial charge is 0.422 e. The summed E-state index contributed by atoms with van der Waals surface area (Å²) in [5.74, 6) is 1.27. The summed E-state index contributed by atoms with van der Waals surface area (Å²) in [4.78, 5) is 31.3. The zero-order valence-corrected chi connectivity index (χ0v) is 30.3. The Bertz CT molecular complexity index is 1990. The summed E-state index contributed by atoms with van der Waals surface area (Å²) in [6.45, 7) is 13.9. The van der Waals surface area contributed by atoms with E-state index in [1.165, 1.54) is 12.3 Å². The minimum atomic E-state index is -4.60. The van der Waals surface area contributed by atoms with Crippen molar-refractivity contribution in [2.24, 2.45) is 5.41 Å². The van der Waals surface area contributed by atoms with Crippen molar-refractivity contribution < 1.29 is 22.7 Å². The number of nitrogen functional groups attached to an aromatic ring is 1. The van der Waals surface area contributed by atoms with Gasteiger partial charge < -0.3 is 30.6 Å². The first-order valence-electron chi connectivity index (χ1n) is 18.6. The minimum Gasteiger partial charge on any atom is -0.481 e. The van der Waals surface area contributed by atoms with Crippen LogP contribution in [0.4, 0.5) is 30.6 Å². The van der Waals surface area contributed by atoms with Crippen molar-refractivity contribution in [2.75, 3.05) is 74.5 Å². The van der Waals surface area contributed by atoms with E-state index in [-0.39, 0.29) is 28.5 Å². The lowest BCUT2D eigenvalue weighted by Crippen LogP contribution is -2.68. The van der Waals surface area contributed by atoms with Gasteiger partial charge in [-0.05, 0) is 92.8 Å². The summed E-state index contributed by atoms with van der Waals surface area (Å²) in [7, 11) is 0. The van der Waals surface area contributed by atoms with Gasteiger partial charge in [0, 0.05) is 79.6 Å². The summed E-state index contributed by atoms with van der Waals surface area (Å²) in [5, 5.41) is 8.97. The molecule has 0 unspecified atom stereocenters. The van der Waals surface area contributed by atoms with Crippen LogP contribution in [-0.4, -0.2) is 103 Å². The molecule has 8 rings (SSSR count). The van der Waals surface area contributed by atoms with Crippen LogP contribution in [0, 0.1) is 17.7 Å². The zero-order chi connectivity index (χ0) is 37.3. The first-order valence-corrected chi connectivity index (χ1v) is 18.6. The molecule has 3 N–H and O–H groups in total. The molecule has 5 heterocycles. The molecule has 1 saturated carbocycles. The Morgan fingerprint density at radius 2 is 1.79 bits per heavy atom. The van der Waals surface area contributed by atoms with Crippen molar-refractivity contribution in [3.05, 3.63) is 60.2 Å². The number of piperidine rings is 1. The third kappa shape index (κ3) is 6.20. The minimum absolute atomic E-state index is 0.0166. The molecule has 13 heteroatoms. The molecule has 0 radical (unpaired) electrons. The number of hydrogen-bond donors (Lipinski definition) is 2. The summed E-state index contributed by atoms with van der Waals surface area (Å²) in [6.07, 6.45) is 5.49. The average molecular weight is 729 g/mol. The van der Waals surface area contributed by atoms with Crippen molar-refractivity contribution in [3.63, 3.8) is 0 Å². The molecule has 280 valence electrons. The zero-order valence-electron chi connectivity index (χ0n) is 30.3. The van der Waals surface area contributed by atoms with Gasteiger partial charge >= 0.3 is 6.18 Å². The standard InChI is InChI=1S/C40H47F3N8O2/c1-4-14-51-15-6-11-39(51)22-50(23-39)37-46-34-28(36(47-37)48-16-12-38(13-17-48)20-49(21-38)31(52)5-2)18-27(26-8-9-26)33(35(34)53-24-40(41,42)43)32-25(3)7-10-30(45)29(32)19-44/h4-5,7,10,18-19,26,44H,1-2,6,8-9,11-17,20-24,45H2,3H3.